The van der Waals surface area contributed by atoms with Gasteiger partial charge in [0.05, 0.1) is 31.4 Å². The molecule has 29 heavy (non-hydrogen) atoms. The van der Waals surface area contributed by atoms with Gasteiger partial charge >= 0.3 is 5.97 Å². The van der Waals surface area contributed by atoms with E-state index in [1.165, 1.54) is 10.9 Å². The van der Waals surface area contributed by atoms with Crippen LogP contribution in [0.5, 0.6) is 5.75 Å². The SMILES string of the molecule is Cc1c(OCCOCCC(=O)OC(C)(C)C)cnn(COCC[Si](C)(C)C)c1=O. The Bertz CT molecular complexity index is 706. The van der Waals surface area contributed by atoms with Gasteiger partial charge in [-0.1, -0.05) is 19.6 Å². The third-order valence-electron chi connectivity index (χ3n) is 3.80. The van der Waals surface area contributed by atoms with Crippen LogP contribution in [-0.2, 0) is 25.7 Å². The van der Waals surface area contributed by atoms with E-state index in [1.807, 2.05) is 20.8 Å². The van der Waals surface area contributed by atoms with Gasteiger partial charge in [0.1, 0.15) is 24.7 Å². The van der Waals surface area contributed by atoms with Crippen LogP contribution in [0.3, 0.4) is 0 Å². The monoisotopic (exact) mass is 428 g/mol. The van der Waals surface area contributed by atoms with Crippen molar-refractivity contribution in [3.05, 3.63) is 22.1 Å². The largest absolute Gasteiger partial charge is 0.489 e. The van der Waals surface area contributed by atoms with Crippen molar-refractivity contribution in [2.24, 2.45) is 0 Å². The molecule has 0 aliphatic heterocycles. The van der Waals surface area contributed by atoms with Crippen LogP contribution >= 0.6 is 0 Å². The first kappa shape index (κ1) is 25.3. The van der Waals surface area contributed by atoms with Crippen LogP contribution < -0.4 is 10.3 Å². The highest BCUT2D eigenvalue weighted by Crippen LogP contribution is 2.12. The number of aromatic nitrogens is 2. The number of carbonyl (C=O) groups is 1. The lowest BCUT2D eigenvalue weighted by atomic mass is 10.2. The van der Waals surface area contributed by atoms with Gasteiger partial charge in [-0.2, -0.15) is 5.10 Å². The fourth-order valence-corrected chi connectivity index (χ4v) is 2.95. The summed E-state index contributed by atoms with van der Waals surface area (Å²) in [6.45, 7) is 15.6. The zero-order valence-electron chi connectivity index (χ0n) is 18.9. The van der Waals surface area contributed by atoms with E-state index in [9.17, 15) is 9.59 Å². The maximum atomic E-state index is 12.4. The molecule has 0 amide bonds. The minimum Gasteiger partial charge on any atom is -0.489 e. The second kappa shape index (κ2) is 11.5. The fraction of sp³-hybridized carbons (Fsp3) is 0.750. The van der Waals surface area contributed by atoms with Crippen molar-refractivity contribution in [2.75, 3.05) is 26.4 Å². The third kappa shape index (κ3) is 11.2. The van der Waals surface area contributed by atoms with Crippen molar-refractivity contribution in [3.8, 4) is 5.75 Å². The normalized spacial score (nSPS) is 12.1. The molecule has 0 atom stereocenters. The molecule has 0 saturated carbocycles. The molecule has 0 fully saturated rings. The Hall–Kier alpha value is -1.71. The zero-order valence-corrected chi connectivity index (χ0v) is 19.9. The molecular weight excluding hydrogens is 392 g/mol. The average Bonchev–Trinajstić information content (AvgIpc) is 2.57. The number of ether oxygens (including phenoxy) is 4. The van der Waals surface area contributed by atoms with Crippen LogP contribution in [0, 0.1) is 6.92 Å². The van der Waals surface area contributed by atoms with Crippen molar-refractivity contribution in [1.29, 1.82) is 0 Å². The van der Waals surface area contributed by atoms with Gasteiger partial charge in [-0.15, -0.1) is 0 Å². The molecule has 0 aliphatic carbocycles. The van der Waals surface area contributed by atoms with E-state index in [0.29, 0.717) is 24.5 Å². The summed E-state index contributed by atoms with van der Waals surface area (Å²) in [5.74, 6) is 0.123. The molecule has 1 rings (SSSR count). The molecule has 1 aromatic rings. The highest BCUT2D eigenvalue weighted by Gasteiger charge is 2.16. The van der Waals surface area contributed by atoms with Gasteiger partial charge in [0.2, 0.25) is 0 Å². The van der Waals surface area contributed by atoms with E-state index in [2.05, 4.69) is 24.7 Å². The summed E-state index contributed by atoms with van der Waals surface area (Å²) in [5.41, 5.74) is -0.256. The van der Waals surface area contributed by atoms with Gasteiger partial charge in [-0.25, -0.2) is 4.68 Å². The van der Waals surface area contributed by atoms with Gasteiger partial charge in [-0.05, 0) is 33.7 Å². The van der Waals surface area contributed by atoms with Crippen LogP contribution in [0.15, 0.2) is 11.0 Å². The molecule has 0 spiro atoms. The maximum absolute atomic E-state index is 12.4. The van der Waals surface area contributed by atoms with Gasteiger partial charge in [0.25, 0.3) is 5.56 Å². The number of rotatable bonds is 12. The Morgan fingerprint density at radius 3 is 2.41 bits per heavy atom. The number of nitrogens with zero attached hydrogens (tertiary/aromatic N) is 2. The summed E-state index contributed by atoms with van der Waals surface area (Å²) in [6.07, 6.45) is 1.70. The molecule has 1 aromatic heterocycles. The molecule has 0 aliphatic rings. The third-order valence-corrected chi connectivity index (χ3v) is 5.51. The van der Waals surface area contributed by atoms with E-state index in [0.717, 1.165) is 6.04 Å². The summed E-state index contributed by atoms with van der Waals surface area (Å²) >= 11 is 0. The fourth-order valence-electron chi connectivity index (χ4n) is 2.20. The Morgan fingerprint density at radius 1 is 1.10 bits per heavy atom. The second-order valence-corrected chi connectivity index (χ2v) is 14.7. The summed E-state index contributed by atoms with van der Waals surface area (Å²) in [4.78, 5) is 24.0. The van der Waals surface area contributed by atoms with Crippen molar-refractivity contribution < 1.29 is 23.7 Å². The number of hydrogen-bond donors (Lipinski definition) is 0. The zero-order chi connectivity index (χ0) is 22.1. The van der Waals surface area contributed by atoms with Crippen LogP contribution in [0.25, 0.3) is 0 Å². The van der Waals surface area contributed by atoms with Crippen LogP contribution in [-0.4, -0.2) is 55.9 Å². The number of esters is 1. The van der Waals surface area contributed by atoms with Crippen molar-refractivity contribution in [1.82, 2.24) is 9.78 Å². The van der Waals surface area contributed by atoms with E-state index < -0.39 is 13.7 Å². The second-order valence-electron chi connectivity index (χ2n) is 9.08. The van der Waals surface area contributed by atoms with Crippen LogP contribution in [0.2, 0.25) is 25.7 Å². The average molecular weight is 429 g/mol. The first-order chi connectivity index (χ1) is 13.4. The Morgan fingerprint density at radius 2 is 1.79 bits per heavy atom. The lowest BCUT2D eigenvalue weighted by molar-refractivity contribution is -0.156. The summed E-state index contributed by atoms with van der Waals surface area (Å²) < 4.78 is 23.0. The van der Waals surface area contributed by atoms with Crippen LogP contribution in [0.4, 0.5) is 0 Å². The van der Waals surface area contributed by atoms with Gasteiger partial charge in [-0.3, -0.25) is 9.59 Å². The van der Waals surface area contributed by atoms with E-state index >= 15 is 0 Å². The molecule has 0 radical (unpaired) electrons. The Kier molecular flexibility index (Phi) is 10.0. The molecule has 0 bridgehead atoms. The molecule has 8 nitrogen and oxygen atoms in total. The molecule has 0 unspecified atom stereocenters. The predicted molar refractivity (Wildman–Crippen MR) is 114 cm³/mol. The summed E-state index contributed by atoms with van der Waals surface area (Å²) in [5, 5.41) is 4.11. The number of hydrogen-bond acceptors (Lipinski definition) is 7. The van der Waals surface area contributed by atoms with Gasteiger partial charge < -0.3 is 18.9 Å². The minimum atomic E-state index is -1.16. The van der Waals surface area contributed by atoms with Crippen molar-refractivity contribution >= 4 is 14.0 Å². The van der Waals surface area contributed by atoms with Gasteiger partial charge in [0, 0.05) is 14.7 Å². The van der Waals surface area contributed by atoms with E-state index in [1.54, 1.807) is 6.92 Å². The minimum absolute atomic E-state index is 0.137. The highest BCUT2D eigenvalue weighted by atomic mass is 28.3. The first-order valence-corrected chi connectivity index (χ1v) is 13.7. The number of carbonyl (C=O) groups excluding carboxylic acids is 1. The summed E-state index contributed by atoms with van der Waals surface area (Å²) in [7, 11) is -1.16. The smallest absolute Gasteiger partial charge is 0.308 e. The molecule has 0 aromatic carbocycles. The highest BCUT2D eigenvalue weighted by molar-refractivity contribution is 6.76. The first-order valence-electron chi connectivity index (χ1n) is 9.96. The topological polar surface area (TPSA) is 88.9 Å². The van der Waals surface area contributed by atoms with E-state index in [4.69, 9.17) is 18.9 Å². The summed E-state index contributed by atoms with van der Waals surface area (Å²) in [6, 6.07) is 1.04. The van der Waals surface area contributed by atoms with Crippen molar-refractivity contribution in [2.45, 2.75) is 72.1 Å². The lowest BCUT2D eigenvalue weighted by Gasteiger charge is -2.19. The molecule has 0 N–H and O–H groups in total. The Balaban J connectivity index is 2.34. The van der Waals surface area contributed by atoms with Crippen molar-refractivity contribution in [3.63, 3.8) is 0 Å². The Labute approximate surface area is 174 Å². The molecule has 1 heterocycles. The standard InChI is InChI=1S/C20H36N2O6Si/c1-16-17(27-11-10-25-9-8-18(23)28-20(2,3)4)14-21-22(19(16)24)15-26-12-13-29(5,6)7/h14H,8-13,15H2,1-7H3. The molecule has 0 saturated heterocycles. The maximum Gasteiger partial charge on any atom is 0.308 e. The lowest BCUT2D eigenvalue weighted by Crippen LogP contribution is -2.28. The van der Waals surface area contributed by atoms with E-state index in [-0.39, 0.29) is 37.9 Å². The quantitative estimate of drug-likeness (QED) is 0.287. The molecule has 166 valence electrons. The molecular formula is C20H36N2O6Si. The molecule has 9 heteroatoms. The van der Waals surface area contributed by atoms with Gasteiger partial charge in [0.15, 0.2) is 0 Å². The van der Waals surface area contributed by atoms with Crippen LogP contribution in [0.1, 0.15) is 32.8 Å². The predicted octanol–water partition coefficient (Wildman–Crippen LogP) is 2.99.